The average Bonchev–Trinajstić information content (AvgIpc) is 2.31. The van der Waals surface area contributed by atoms with Gasteiger partial charge in [0, 0.05) is 0 Å². The van der Waals surface area contributed by atoms with Crippen molar-refractivity contribution in [2.75, 3.05) is 0 Å². The largest absolute Gasteiger partial charge is 0.0956 e. The molecular weight excluding hydrogens is 192 g/mol. The van der Waals surface area contributed by atoms with Crippen molar-refractivity contribution in [1.82, 2.24) is 0 Å². The van der Waals surface area contributed by atoms with Crippen LogP contribution in [0.1, 0.15) is 83.5 Å². The van der Waals surface area contributed by atoms with Crippen LogP contribution in [0, 0.1) is 13.0 Å². The highest BCUT2D eigenvalue weighted by Gasteiger charge is 1.92. The molecule has 0 rings (SSSR count). The van der Waals surface area contributed by atoms with E-state index in [1.807, 2.05) is 0 Å². The van der Waals surface area contributed by atoms with Gasteiger partial charge in [-0.25, -0.2) is 0 Å². The van der Waals surface area contributed by atoms with E-state index in [2.05, 4.69) is 19.6 Å². The van der Waals surface area contributed by atoms with E-state index >= 15 is 0 Å². The van der Waals surface area contributed by atoms with E-state index in [4.69, 9.17) is 0 Å². The highest BCUT2D eigenvalue weighted by atomic mass is 14.0. The lowest BCUT2D eigenvalue weighted by atomic mass is 10.0. The molecule has 16 heavy (non-hydrogen) atoms. The summed E-state index contributed by atoms with van der Waals surface area (Å²) in [6, 6.07) is 0. The lowest BCUT2D eigenvalue weighted by Crippen LogP contribution is -1.82. The molecule has 0 aromatic rings. The predicted molar refractivity (Wildman–Crippen MR) is 74.2 cm³/mol. The fourth-order valence-electron chi connectivity index (χ4n) is 2.02. The molecular formula is C16H30. The molecule has 0 atom stereocenters. The molecule has 0 saturated carbocycles. The summed E-state index contributed by atoms with van der Waals surface area (Å²) in [6.45, 7) is 7.49. The third-order valence-electron chi connectivity index (χ3n) is 3.10. The fourth-order valence-corrected chi connectivity index (χ4v) is 2.02. The van der Waals surface area contributed by atoms with Crippen molar-refractivity contribution in [1.29, 1.82) is 0 Å². The molecule has 0 aliphatic heterocycles. The molecule has 0 bridgehead atoms. The van der Waals surface area contributed by atoms with Gasteiger partial charge in [0.2, 0.25) is 0 Å². The Hall–Kier alpha value is -0.260. The Labute approximate surface area is 104 Å². The molecule has 0 aliphatic carbocycles. The fraction of sp³-hybridized carbons (Fsp3) is 0.812. The maximum absolute atomic E-state index is 3.87. The van der Waals surface area contributed by atoms with Gasteiger partial charge in [-0.3, -0.25) is 0 Å². The molecule has 2 radical (unpaired) electrons. The lowest BCUT2D eigenvalue weighted by Gasteiger charge is -2.01. The van der Waals surface area contributed by atoms with Crippen molar-refractivity contribution >= 4 is 0 Å². The van der Waals surface area contributed by atoms with Crippen molar-refractivity contribution in [2.45, 2.75) is 83.5 Å². The molecule has 0 spiro atoms. The maximum atomic E-state index is 3.87. The molecule has 0 saturated heterocycles. The molecule has 0 heteroatoms. The smallest absolute Gasteiger partial charge is 0.0282 e. The molecule has 0 fully saturated rings. The second-order valence-electron chi connectivity index (χ2n) is 4.74. The minimum atomic E-state index is 1.08. The zero-order valence-electron chi connectivity index (χ0n) is 11.1. The Balaban J connectivity index is 2.85. The second-order valence-corrected chi connectivity index (χ2v) is 4.74. The normalized spacial score (nSPS) is 10.6. The van der Waals surface area contributed by atoms with Gasteiger partial charge in [0.1, 0.15) is 0 Å². The Morgan fingerprint density at radius 2 is 0.938 bits per heavy atom. The molecule has 0 aliphatic rings. The SMILES string of the molecule is [CH2]CCCCCCCCCCCCC[C]=C. The summed E-state index contributed by atoms with van der Waals surface area (Å²) >= 11 is 0. The monoisotopic (exact) mass is 222 g/mol. The first-order valence-electron chi connectivity index (χ1n) is 7.21. The van der Waals surface area contributed by atoms with Crippen LogP contribution in [0.4, 0.5) is 0 Å². The van der Waals surface area contributed by atoms with Gasteiger partial charge in [-0.2, -0.15) is 0 Å². The molecule has 0 unspecified atom stereocenters. The van der Waals surface area contributed by atoms with E-state index in [9.17, 15) is 0 Å². The Bertz CT molecular complexity index is 126. The quantitative estimate of drug-likeness (QED) is 0.341. The van der Waals surface area contributed by atoms with Crippen LogP contribution in [-0.4, -0.2) is 0 Å². The van der Waals surface area contributed by atoms with Crippen LogP contribution in [-0.2, 0) is 0 Å². The lowest BCUT2D eigenvalue weighted by molar-refractivity contribution is 0.546. The molecule has 0 nitrogen and oxygen atoms in total. The molecule has 0 amide bonds. The van der Waals surface area contributed by atoms with Gasteiger partial charge in [-0.15, -0.1) is 0 Å². The zero-order chi connectivity index (χ0) is 11.9. The van der Waals surface area contributed by atoms with E-state index in [-0.39, 0.29) is 0 Å². The standard InChI is InChI=1S/C16H30/c1-3-5-7-9-11-13-15-16-14-12-10-8-6-4-2/h1-3,5-16H2. The van der Waals surface area contributed by atoms with Gasteiger partial charge < -0.3 is 0 Å². The van der Waals surface area contributed by atoms with E-state index < -0.39 is 0 Å². The molecule has 94 valence electrons. The maximum Gasteiger partial charge on any atom is -0.0282 e. The number of allylic oxidation sites excluding steroid dienone is 1. The summed E-state index contributed by atoms with van der Waals surface area (Å²) in [5, 5.41) is 0. The van der Waals surface area contributed by atoms with Gasteiger partial charge in [-0.05, 0) is 12.8 Å². The number of rotatable bonds is 13. The van der Waals surface area contributed by atoms with E-state index in [0.29, 0.717) is 0 Å². The van der Waals surface area contributed by atoms with Crippen molar-refractivity contribution in [2.24, 2.45) is 0 Å². The van der Waals surface area contributed by atoms with E-state index in [0.717, 1.165) is 12.8 Å². The number of hydrogen-bond acceptors (Lipinski definition) is 0. The first kappa shape index (κ1) is 15.7. The molecule has 0 heterocycles. The van der Waals surface area contributed by atoms with Crippen LogP contribution < -0.4 is 0 Å². The minimum Gasteiger partial charge on any atom is -0.0956 e. The van der Waals surface area contributed by atoms with Crippen LogP contribution in [0.3, 0.4) is 0 Å². The Morgan fingerprint density at radius 1 is 0.562 bits per heavy atom. The van der Waals surface area contributed by atoms with Gasteiger partial charge >= 0.3 is 0 Å². The molecule has 0 aromatic heterocycles. The van der Waals surface area contributed by atoms with E-state index in [1.165, 1.54) is 70.6 Å². The van der Waals surface area contributed by atoms with Crippen LogP contribution in [0.5, 0.6) is 0 Å². The van der Waals surface area contributed by atoms with Gasteiger partial charge in [0.15, 0.2) is 0 Å². The average molecular weight is 222 g/mol. The summed E-state index contributed by atoms with van der Waals surface area (Å²) in [4.78, 5) is 0. The Morgan fingerprint density at radius 3 is 1.31 bits per heavy atom. The predicted octanol–water partition coefficient (Wildman–Crippen LogP) is 5.88. The van der Waals surface area contributed by atoms with Crippen LogP contribution in [0.15, 0.2) is 6.58 Å². The van der Waals surface area contributed by atoms with Crippen molar-refractivity contribution < 1.29 is 0 Å². The summed E-state index contributed by atoms with van der Waals surface area (Å²) in [5.74, 6) is 0. The first-order valence-corrected chi connectivity index (χ1v) is 7.21. The topological polar surface area (TPSA) is 0 Å². The summed E-state index contributed by atoms with van der Waals surface area (Å²) in [7, 11) is 0. The van der Waals surface area contributed by atoms with Gasteiger partial charge in [-0.1, -0.05) is 90.2 Å². The van der Waals surface area contributed by atoms with Crippen molar-refractivity contribution in [3.63, 3.8) is 0 Å². The second kappa shape index (κ2) is 14.7. The first-order chi connectivity index (χ1) is 7.91. The summed E-state index contributed by atoms with van der Waals surface area (Å²) < 4.78 is 0. The third kappa shape index (κ3) is 13.7. The number of hydrogen-bond donors (Lipinski definition) is 0. The molecule has 0 N–H and O–H groups in total. The Kier molecular flexibility index (Phi) is 14.5. The van der Waals surface area contributed by atoms with Crippen LogP contribution in [0.2, 0.25) is 0 Å². The third-order valence-corrected chi connectivity index (χ3v) is 3.10. The zero-order valence-corrected chi connectivity index (χ0v) is 11.1. The van der Waals surface area contributed by atoms with Crippen LogP contribution >= 0.6 is 0 Å². The van der Waals surface area contributed by atoms with Gasteiger partial charge in [0.25, 0.3) is 0 Å². The van der Waals surface area contributed by atoms with E-state index in [1.54, 1.807) is 0 Å². The highest BCUT2D eigenvalue weighted by Crippen LogP contribution is 2.12. The highest BCUT2D eigenvalue weighted by molar-refractivity contribution is 4.55. The summed E-state index contributed by atoms with van der Waals surface area (Å²) in [6.07, 6.45) is 20.5. The van der Waals surface area contributed by atoms with Crippen molar-refractivity contribution in [3.05, 3.63) is 19.6 Å². The summed E-state index contributed by atoms with van der Waals surface area (Å²) in [5.41, 5.74) is 0. The van der Waals surface area contributed by atoms with Crippen molar-refractivity contribution in [3.8, 4) is 0 Å². The van der Waals surface area contributed by atoms with Gasteiger partial charge in [0.05, 0.1) is 0 Å². The number of unbranched alkanes of at least 4 members (excludes halogenated alkanes) is 12. The molecule has 0 aromatic carbocycles. The van der Waals surface area contributed by atoms with Crippen LogP contribution in [0.25, 0.3) is 0 Å². The minimum absolute atomic E-state index is 1.08.